The Hall–Kier alpha value is -4.05. The molecule has 6 atom stereocenters. The van der Waals surface area contributed by atoms with Gasteiger partial charge in [0.05, 0.1) is 33.9 Å². The number of amides is 4. The van der Waals surface area contributed by atoms with Gasteiger partial charge in [-0.15, -0.1) is 0 Å². The number of halogens is 2. The standard InChI is InChI=1S/C33H32ClFN2O7/c1-33-23(30(42)37(32(33)44)18-9-12-25(35)24(34)15-18)16-22-20(28(33)17-6-5-7-19(38)14-17)10-11-21-27(22)31(43)36(29(21)41)13-4-2-3-8-26(39)40/h5-7,9-10,12,14-15,21-23,27-28,38H,2-4,8,11,13,16H2,1H3,(H,39,40)/t21-,22+,23-,27-,28-,33+/m0/s1. The van der Waals surface area contributed by atoms with Crippen LogP contribution in [0, 0.1) is 34.9 Å². The highest BCUT2D eigenvalue weighted by atomic mass is 35.5. The summed E-state index contributed by atoms with van der Waals surface area (Å²) in [5, 5.41) is 19.1. The van der Waals surface area contributed by atoms with Crippen LogP contribution in [-0.4, -0.2) is 51.3 Å². The lowest BCUT2D eigenvalue weighted by atomic mass is 9.51. The average molecular weight is 623 g/mol. The molecule has 0 bridgehead atoms. The summed E-state index contributed by atoms with van der Waals surface area (Å²) in [5.41, 5.74) is 0.253. The molecule has 4 amide bonds. The number of carbonyl (C=O) groups is 5. The molecular weight excluding hydrogens is 591 g/mol. The first kappa shape index (κ1) is 30.0. The summed E-state index contributed by atoms with van der Waals surface area (Å²) in [6, 6.07) is 10.2. The summed E-state index contributed by atoms with van der Waals surface area (Å²) < 4.78 is 14.0. The van der Waals surface area contributed by atoms with Crippen LogP contribution in [0.4, 0.5) is 10.1 Å². The fraction of sp³-hybridized carbons (Fsp3) is 0.424. The molecule has 2 saturated heterocycles. The number of hydrogen-bond donors (Lipinski definition) is 2. The number of allylic oxidation sites excluding steroid dienone is 2. The van der Waals surface area contributed by atoms with E-state index in [1.54, 1.807) is 25.1 Å². The number of imide groups is 2. The molecular formula is C33H32ClFN2O7. The highest BCUT2D eigenvalue weighted by Crippen LogP contribution is 2.63. The Balaban J connectivity index is 1.38. The number of benzene rings is 2. The summed E-state index contributed by atoms with van der Waals surface area (Å²) in [7, 11) is 0. The maximum atomic E-state index is 14.3. The molecule has 2 heterocycles. The van der Waals surface area contributed by atoms with E-state index in [9.17, 15) is 33.5 Å². The number of aromatic hydroxyl groups is 1. The van der Waals surface area contributed by atoms with Gasteiger partial charge in [-0.25, -0.2) is 9.29 Å². The van der Waals surface area contributed by atoms with E-state index in [0.717, 1.165) is 16.5 Å². The number of likely N-dealkylation sites (tertiary alicyclic amines) is 1. The van der Waals surface area contributed by atoms with Gasteiger partial charge in [-0.3, -0.25) is 28.9 Å². The molecule has 4 aliphatic rings. The summed E-state index contributed by atoms with van der Waals surface area (Å²) in [6.07, 6.45) is 3.91. The van der Waals surface area contributed by atoms with Crippen molar-refractivity contribution in [3.63, 3.8) is 0 Å². The van der Waals surface area contributed by atoms with Crippen molar-refractivity contribution in [1.82, 2.24) is 4.90 Å². The van der Waals surface area contributed by atoms with Gasteiger partial charge in [0.1, 0.15) is 11.6 Å². The molecule has 2 N–H and O–H groups in total. The van der Waals surface area contributed by atoms with E-state index in [2.05, 4.69) is 0 Å². The maximum absolute atomic E-state index is 14.3. The molecule has 2 aliphatic carbocycles. The summed E-state index contributed by atoms with van der Waals surface area (Å²) in [5.74, 6) is -6.49. The molecule has 0 spiro atoms. The molecule has 9 nitrogen and oxygen atoms in total. The molecule has 2 aliphatic heterocycles. The van der Waals surface area contributed by atoms with Crippen molar-refractivity contribution < 1.29 is 38.6 Å². The van der Waals surface area contributed by atoms with E-state index >= 15 is 0 Å². The lowest BCUT2D eigenvalue weighted by Gasteiger charge is -2.49. The van der Waals surface area contributed by atoms with Crippen molar-refractivity contribution in [1.29, 1.82) is 0 Å². The number of carboxylic acids is 1. The quantitative estimate of drug-likeness (QED) is 0.239. The van der Waals surface area contributed by atoms with Crippen molar-refractivity contribution in [2.24, 2.45) is 29.1 Å². The monoisotopic (exact) mass is 622 g/mol. The van der Waals surface area contributed by atoms with Crippen LogP contribution < -0.4 is 4.90 Å². The number of aliphatic carboxylic acids is 1. The predicted molar refractivity (Wildman–Crippen MR) is 157 cm³/mol. The number of nitrogens with zero attached hydrogens (tertiary/aromatic N) is 2. The fourth-order valence-corrected chi connectivity index (χ4v) is 8.15. The minimum Gasteiger partial charge on any atom is -0.508 e. The maximum Gasteiger partial charge on any atom is 0.303 e. The molecule has 11 heteroatoms. The van der Waals surface area contributed by atoms with E-state index in [1.807, 2.05) is 6.08 Å². The average Bonchev–Trinajstić information content (AvgIpc) is 3.33. The number of unbranched alkanes of at least 4 members (excludes halogenated alkanes) is 2. The minimum atomic E-state index is -1.30. The first-order valence-corrected chi connectivity index (χ1v) is 15.2. The van der Waals surface area contributed by atoms with Gasteiger partial charge in [-0.2, -0.15) is 0 Å². The van der Waals surface area contributed by atoms with Crippen LogP contribution in [0.2, 0.25) is 5.02 Å². The molecule has 2 aromatic rings. The Morgan fingerprint density at radius 1 is 1.02 bits per heavy atom. The van der Waals surface area contributed by atoms with Crippen LogP contribution in [0.3, 0.4) is 0 Å². The Morgan fingerprint density at radius 3 is 2.50 bits per heavy atom. The van der Waals surface area contributed by atoms with Crippen LogP contribution in [-0.2, 0) is 24.0 Å². The Labute approximate surface area is 258 Å². The number of carboxylic acid groups (broad SMARTS) is 1. The minimum absolute atomic E-state index is 0.0146. The smallest absolute Gasteiger partial charge is 0.303 e. The predicted octanol–water partition coefficient (Wildman–Crippen LogP) is 5.06. The first-order chi connectivity index (χ1) is 20.9. The van der Waals surface area contributed by atoms with E-state index in [4.69, 9.17) is 16.7 Å². The molecule has 0 radical (unpaired) electrons. The van der Waals surface area contributed by atoms with Crippen LogP contribution >= 0.6 is 11.6 Å². The molecule has 1 saturated carbocycles. The van der Waals surface area contributed by atoms with Gasteiger partial charge in [0.15, 0.2) is 0 Å². The number of anilines is 1. The summed E-state index contributed by atoms with van der Waals surface area (Å²) in [6.45, 7) is 1.92. The number of phenolic OH excluding ortho intramolecular Hbond substituents is 1. The second-order valence-electron chi connectivity index (χ2n) is 12.4. The Bertz CT molecular complexity index is 1620. The largest absolute Gasteiger partial charge is 0.508 e. The number of phenols is 1. The van der Waals surface area contributed by atoms with E-state index < -0.39 is 58.6 Å². The van der Waals surface area contributed by atoms with Crippen molar-refractivity contribution in [2.75, 3.05) is 11.4 Å². The second kappa shape index (κ2) is 11.1. The fourth-order valence-electron chi connectivity index (χ4n) is 7.98. The highest BCUT2D eigenvalue weighted by Gasteiger charge is 2.67. The van der Waals surface area contributed by atoms with Gasteiger partial charge in [0, 0.05) is 18.9 Å². The molecule has 44 heavy (non-hydrogen) atoms. The van der Waals surface area contributed by atoms with Crippen LogP contribution in [0.5, 0.6) is 5.75 Å². The zero-order chi connectivity index (χ0) is 31.5. The lowest BCUT2D eigenvalue weighted by molar-refractivity contribution is -0.141. The van der Waals surface area contributed by atoms with Crippen LogP contribution in [0.25, 0.3) is 0 Å². The molecule has 2 aromatic carbocycles. The first-order valence-electron chi connectivity index (χ1n) is 14.8. The Morgan fingerprint density at radius 2 is 1.80 bits per heavy atom. The highest BCUT2D eigenvalue weighted by molar-refractivity contribution is 6.31. The third-order valence-corrected chi connectivity index (χ3v) is 10.3. The van der Waals surface area contributed by atoms with Gasteiger partial charge in [-0.05, 0) is 74.4 Å². The van der Waals surface area contributed by atoms with Gasteiger partial charge >= 0.3 is 5.97 Å². The van der Waals surface area contributed by atoms with Crippen LogP contribution in [0.1, 0.15) is 56.9 Å². The third kappa shape index (κ3) is 4.62. The van der Waals surface area contributed by atoms with Gasteiger partial charge in [-0.1, -0.05) is 41.8 Å². The van der Waals surface area contributed by atoms with Crippen LogP contribution in [0.15, 0.2) is 54.1 Å². The molecule has 0 aromatic heterocycles. The van der Waals surface area contributed by atoms with E-state index in [0.29, 0.717) is 31.2 Å². The number of rotatable bonds is 8. The zero-order valence-corrected chi connectivity index (χ0v) is 24.8. The summed E-state index contributed by atoms with van der Waals surface area (Å²) in [4.78, 5) is 69.0. The van der Waals surface area contributed by atoms with E-state index in [1.165, 1.54) is 23.1 Å². The Kier molecular flexibility index (Phi) is 7.60. The molecule has 6 rings (SSSR count). The van der Waals surface area contributed by atoms with Crippen molar-refractivity contribution in [3.8, 4) is 5.75 Å². The molecule has 230 valence electrons. The van der Waals surface area contributed by atoms with Crippen molar-refractivity contribution in [3.05, 3.63) is 70.5 Å². The van der Waals surface area contributed by atoms with Crippen molar-refractivity contribution >= 4 is 46.9 Å². The second-order valence-corrected chi connectivity index (χ2v) is 12.8. The van der Waals surface area contributed by atoms with Crippen molar-refractivity contribution in [2.45, 2.75) is 51.4 Å². The number of fused-ring (bicyclic) bond motifs is 4. The zero-order valence-electron chi connectivity index (χ0n) is 24.0. The summed E-state index contributed by atoms with van der Waals surface area (Å²) >= 11 is 6.03. The normalized spacial score (nSPS) is 29.4. The van der Waals surface area contributed by atoms with Gasteiger partial charge in [0.2, 0.25) is 23.6 Å². The lowest BCUT2D eigenvalue weighted by Crippen LogP contribution is -2.48. The van der Waals surface area contributed by atoms with E-state index in [-0.39, 0.29) is 47.7 Å². The number of carbonyl (C=O) groups excluding carboxylic acids is 4. The molecule has 0 unspecified atom stereocenters. The van der Waals surface area contributed by atoms with Gasteiger partial charge in [0.25, 0.3) is 0 Å². The SMILES string of the molecule is C[C@@]12C(=O)N(c3ccc(F)c(Cl)c3)C(=O)[C@@H]1C[C@@H]1C(=CC[C@@H]3C(=O)N(CCCCCC(=O)O)C(=O)[C@@H]31)[C@@H]2c1cccc(O)c1. The number of hydrogen-bond acceptors (Lipinski definition) is 6. The topological polar surface area (TPSA) is 132 Å². The van der Waals surface area contributed by atoms with Gasteiger partial charge < -0.3 is 10.2 Å². The molecule has 3 fully saturated rings. The third-order valence-electron chi connectivity index (χ3n) is 10.0.